The lowest BCUT2D eigenvalue weighted by molar-refractivity contribution is 0.0477. The van der Waals surface area contributed by atoms with Crippen LogP contribution in [0.3, 0.4) is 0 Å². The van der Waals surface area contributed by atoms with Crippen molar-refractivity contribution in [1.82, 2.24) is 0 Å². The molecule has 3 N–H and O–H groups in total. The highest BCUT2D eigenvalue weighted by molar-refractivity contribution is 6.01. The van der Waals surface area contributed by atoms with Crippen LogP contribution in [0.4, 0.5) is 0 Å². The summed E-state index contributed by atoms with van der Waals surface area (Å²) in [6, 6.07) is 4.16. The highest BCUT2D eigenvalue weighted by Gasteiger charge is 2.16. The number of aliphatic hydroxyl groups excluding tert-OH is 1. The molecule has 0 bridgehead atoms. The summed E-state index contributed by atoms with van der Waals surface area (Å²) in [7, 11) is 0. The molecule has 0 aliphatic rings. The second kappa shape index (κ2) is 6.86. The maximum absolute atomic E-state index is 11.0. The summed E-state index contributed by atoms with van der Waals surface area (Å²) in [5, 5.41) is 26.8. The largest absolute Gasteiger partial charge is 0.478 e. The average Bonchev–Trinajstić information content (AvgIpc) is 2.33. The minimum absolute atomic E-state index is 0.207. The normalized spacial score (nSPS) is 12.1. The molecule has 0 aliphatic carbocycles. The number of aliphatic hydroxyl groups is 1. The van der Waals surface area contributed by atoms with E-state index in [2.05, 4.69) is 0 Å². The molecular formula is C13H16O6. The Bertz CT molecular complexity index is 466. The van der Waals surface area contributed by atoms with Crippen LogP contribution in [0, 0.1) is 0 Å². The number of carbonyl (C=O) groups is 2. The van der Waals surface area contributed by atoms with Crippen molar-refractivity contribution in [1.29, 1.82) is 0 Å². The van der Waals surface area contributed by atoms with Gasteiger partial charge in [-0.2, -0.15) is 0 Å². The molecule has 104 valence electrons. The first kappa shape index (κ1) is 15.1. The first-order valence-corrected chi connectivity index (χ1v) is 5.77. The van der Waals surface area contributed by atoms with E-state index in [9.17, 15) is 9.59 Å². The van der Waals surface area contributed by atoms with Gasteiger partial charge in [-0.05, 0) is 31.0 Å². The summed E-state index contributed by atoms with van der Waals surface area (Å²) in [5.41, 5.74) is 0.203. The minimum atomic E-state index is -1.27. The lowest BCUT2D eigenvalue weighted by atomic mass is 10.0. The number of aromatic carboxylic acids is 2. The molecule has 0 aromatic heterocycles. The Kier molecular flexibility index (Phi) is 5.47. The van der Waals surface area contributed by atoms with E-state index < -0.39 is 18.0 Å². The Morgan fingerprint density at radius 2 is 1.84 bits per heavy atom. The van der Waals surface area contributed by atoms with Crippen LogP contribution < -0.4 is 0 Å². The molecule has 1 aromatic rings. The highest BCUT2D eigenvalue weighted by atomic mass is 16.5. The molecule has 1 aromatic carbocycles. The van der Waals surface area contributed by atoms with Gasteiger partial charge < -0.3 is 20.1 Å². The standard InChI is InChI=1S/C13H16O6/c1-8(14)7-19-5-4-9-2-3-10(12(15)16)11(6-9)13(17)18/h2-3,6,8,14H,4-5,7H2,1H3,(H,15,16)(H,17,18). The van der Waals surface area contributed by atoms with Crippen LogP contribution >= 0.6 is 0 Å². The Hall–Kier alpha value is -1.92. The molecule has 0 radical (unpaired) electrons. The molecule has 1 rings (SSSR count). The van der Waals surface area contributed by atoms with E-state index in [1.807, 2.05) is 0 Å². The fraction of sp³-hybridized carbons (Fsp3) is 0.385. The Labute approximate surface area is 110 Å². The minimum Gasteiger partial charge on any atom is -0.478 e. The molecule has 0 amide bonds. The third-order valence-corrected chi connectivity index (χ3v) is 2.44. The number of ether oxygens (including phenoxy) is 1. The summed E-state index contributed by atoms with van der Waals surface area (Å²) in [6.07, 6.45) is -0.101. The van der Waals surface area contributed by atoms with E-state index >= 15 is 0 Å². The zero-order chi connectivity index (χ0) is 14.4. The van der Waals surface area contributed by atoms with Gasteiger partial charge in [0.15, 0.2) is 0 Å². The fourth-order valence-corrected chi connectivity index (χ4v) is 1.55. The second-order valence-corrected chi connectivity index (χ2v) is 4.16. The van der Waals surface area contributed by atoms with Gasteiger partial charge in [0.2, 0.25) is 0 Å². The highest BCUT2D eigenvalue weighted by Crippen LogP contribution is 2.13. The second-order valence-electron chi connectivity index (χ2n) is 4.16. The quantitative estimate of drug-likeness (QED) is 0.638. The van der Waals surface area contributed by atoms with Gasteiger partial charge in [-0.25, -0.2) is 9.59 Å². The van der Waals surface area contributed by atoms with Gasteiger partial charge >= 0.3 is 11.9 Å². The molecule has 0 heterocycles. The van der Waals surface area contributed by atoms with Crippen LogP contribution in [0.5, 0.6) is 0 Å². The van der Waals surface area contributed by atoms with Gasteiger partial charge in [0.1, 0.15) is 0 Å². The summed E-state index contributed by atoms with van der Waals surface area (Å²) in [5.74, 6) is -2.54. The van der Waals surface area contributed by atoms with Crippen LogP contribution in [-0.4, -0.2) is 46.6 Å². The van der Waals surface area contributed by atoms with Crippen molar-refractivity contribution in [2.24, 2.45) is 0 Å². The third-order valence-electron chi connectivity index (χ3n) is 2.44. The number of benzene rings is 1. The predicted molar refractivity (Wildman–Crippen MR) is 66.6 cm³/mol. The van der Waals surface area contributed by atoms with Crippen LogP contribution in [0.15, 0.2) is 18.2 Å². The van der Waals surface area contributed by atoms with Gasteiger partial charge in [-0.1, -0.05) is 6.07 Å². The van der Waals surface area contributed by atoms with Gasteiger partial charge in [0.25, 0.3) is 0 Å². The molecule has 6 nitrogen and oxygen atoms in total. The molecule has 0 spiro atoms. The van der Waals surface area contributed by atoms with Crippen molar-refractivity contribution >= 4 is 11.9 Å². The van der Waals surface area contributed by atoms with Crippen LogP contribution in [0.1, 0.15) is 33.2 Å². The van der Waals surface area contributed by atoms with Crippen molar-refractivity contribution in [3.8, 4) is 0 Å². The molecule has 19 heavy (non-hydrogen) atoms. The van der Waals surface area contributed by atoms with E-state index in [4.69, 9.17) is 20.1 Å². The summed E-state index contributed by atoms with van der Waals surface area (Å²) < 4.78 is 5.16. The predicted octanol–water partition coefficient (Wildman–Crippen LogP) is 1.02. The first-order chi connectivity index (χ1) is 8.91. The number of hydrogen-bond acceptors (Lipinski definition) is 4. The SMILES string of the molecule is CC(O)COCCc1ccc(C(=O)O)c(C(=O)O)c1. The van der Waals surface area contributed by atoms with Gasteiger partial charge in [-0.15, -0.1) is 0 Å². The molecule has 0 aliphatic heterocycles. The maximum atomic E-state index is 11.0. The maximum Gasteiger partial charge on any atom is 0.336 e. The number of rotatable bonds is 7. The topological polar surface area (TPSA) is 104 Å². The van der Waals surface area contributed by atoms with Crippen molar-refractivity contribution in [2.45, 2.75) is 19.4 Å². The van der Waals surface area contributed by atoms with E-state index in [-0.39, 0.29) is 17.7 Å². The molecule has 1 atom stereocenters. The molecule has 0 saturated heterocycles. The third kappa shape index (κ3) is 4.69. The number of carboxylic acids is 2. The van der Waals surface area contributed by atoms with Crippen molar-refractivity contribution in [3.05, 3.63) is 34.9 Å². The van der Waals surface area contributed by atoms with Gasteiger partial charge in [0.05, 0.1) is 30.4 Å². The van der Waals surface area contributed by atoms with Gasteiger partial charge in [-0.3, -0.25) is 0 Å². The van der Waals surface area contributed by atoms with Crippen LogP contribution in [0.25, 0.3) is 0 Å². The molecule has 0 fully saturated rings. The summed E-state index contributed by atoms with van der Waals surface area (Å²) >= 11 is 0. The summed E-state index contributed by atoms with van der Waals surface area (Å²) in [4.78, 5) is 21.8. The smallest absolute Gasteiger partial charge is 0.336 e. The van der Waals surface area contributed by atoms with E-state index in [0.717, 1.165) is 0 Å². The van der Waals surface area contributed by atoms with Crippen molar-refractivity contribution in [2.75, 3.05) is 13.2 Å². The zero-order valence-corrected chi connectivity index (χ0v) is 10.5. The van der Waals surface area contributed by atoms with Crippen molar-refractivity contribution < 1.29 is 29.6 Å². The number of hydrogen-bond donors (Lipinski definition) is 3. The Morgan fingerprint density at radius 1 is 1.21 bits per heavy atom. The Balaban J connectivity index is 2.73. The van der Waals surface area contributed by atoms with Crippen LogP contribution in [-0.2, 0) is 11.2 Å². The average molecular weight is 268 g/mol. The molecule has 1 unspecified atom stereocenters. The van der Waals surface area contributed by atoms with Crippen LogP contribution in [0.2, 0.25) is 0 Å². The lowest BCUT2D eigenvalue weighted by Crippen LogP contribution is -2.13. The Morgan fingerprint density at radius 3 is 2.37 bits per heavy atom. The van der Waals surface area contributed by atoms with E-state index in [1.54, 1.807) is 13.0 Å². The van der Waals surface area contributed by atoms with E-state index in [0.29, 0.717) is 18.6 Å². The fourth-order valence-electron chi connectivity index (χ4n) is 1.55. The molecular weight excluding hydrogens is 252 g/mol. The monoisotopic (exact) mass is 268 g/mol. The summed E-state index contributed by atoms with van der Waals surface area (Å²) in [6.45, 7) is 2.14. The lowest BCUT2D eigenvalue weighted by Gasteiger charge is -2.08. The molecule has 6 heteroatoms. The van der Waals surface area contributed by atoms with E-state index in [1.165, 1.54) is 12.1 Å². The zero-order valence-electron chi connectivity index (χ0n) is 10.5. The molecule has 0 saturated carbocycles. The number of carboxylic acid groups (broad SMARTS) is 2. The van der Waals surface area contributed by atoms with Crippen molar-refractivity contribution in [3.63, 3.8) is 0 Å². The first-order valence-electron chi connectivity index (χ1n) is 5.77. The van der Waals surface area contributed by atoms with Gasteiger partial charge in [0, 0.05) is 0 Å².